The summed E-state index contributed by atoms with van der Waals surface area (Å²) in [5, 5.41) is 9.53. The Morgan fingerprint density at radius 2 is 1.81 bits per heavy atom. The van der Waals surface area contributed by atoms with Crippen LogP contribution < -0.4 is 0 Å². The summed E-state index contributed by atoms with van der Waals surface area (Å²) in [6.07, 6.45) is 2.75. The molecular formula is C12H9Br3O. The number of allylic oxidation sites excluding steroid dienone is 1. The molecule has 4 heteroatoms. The molecule has 0 radical (unpaired) electrons. The van der Waals surface area contributed by atoms with Gasteiger partial charge in [-0.05, 0) is 17.7 Å². The van der Waals surface area contributed by atoms with Crippen LogP contribution in [0.15, 0.2) is 36.4 Å². The van der Waals surface area contributed by atoms with Crippen LogP contribution in [0.1, 0.15) is 5.56 Å². The molecule has 0 spiro atoms. The molecule has 0 heterocycles. The predicted molar refractivity (Wildman–Crippen MR) is 78.8 cm³/mol. The van der Waals surface area contributed by atoms with Gasteiger partial charge in [0.1, 0.15) is 6.10 Å². The molecule has 1 aromatic carbocycles. The van der Waals surface area contributed by atoms with Crippen molar-refractivity contribution in [3.8, 4) is 11.8 Å². The maximum atomic E-state index is 9.53. The van der Waals surface area contributed by atoms with Gasteiger partial charge in [-0.3, -0.25) is 0 Å². The molecule has 1 atom stereocenters. The largest absolute Gasteiger partial charge is 0.377 e. The summed E-state index contributed by atoms with van der Waals surface area (Å²) in [7, 11) is 0. The second kappa shape index (κ2) is 6.61. The molecule has 0 saturated heterocycles. The van der Waals surface area contributed by atoms with Crippen molar-refractivity contribution < 1.29 is 5.11 Å². The van der Waals surface area contributed by atoms with Gasteiger partial charge in [-0.2, -0.15) is 0 Å². The van der Waals surface area contributed by atoms with Gasteiger partial charge in [0.2, 0.25) is 0 Å². The lowest BCUT2D eigenvalue weighted by Gasteiger charge is -2.13. The highest BCUT2D eigenvalue weighted by molar-refractivity contribution is 9.39. The van der Waals surface area contributed by atoms with E-state index in [4.69, 9.17) is 0 Å². The fourth-order valence-electron chi connectivity index (χ4n) is 0.911. The quantitative estimate of drug-likeness (QED) is 0.552. The topological polar surface area (TPSA) is 20.2 Å². The van der Waals surface area contributed by atoms with E-state index in [9.17, 15) is 5.11 Å². The number of hydrogen-bond acceptors (Lipinski definition) is 1. The maximum Gasteiger partial charge on any atom is 0.171 e. The van der Waals surface area contributed by atoms with Gasteiger partial charge in [-0.1, -0.05) is 90.0 Å². The van der Waals surface area contributed by atoms with E-state index in [-0.39, 0.29) is 0 Å². The zero-order valence-corrected chi connectivity index (χ0v) is 13.0. The fourth-order valence-corrected chi connectivity index (χ4v) is 1.25. The number of halogens is 3. The lowest BCUT2D eigenvalue weighted by molar-refractivity contribution is 0.248. The van der Waals surface area contributed by atoms with Gasteiger partial charge in [0, 0.05) is 0 Å². The van der Waals surface area contributed by atoms with E-state index < -0.39 is 8.25 Å². The van der Waals surface area contributed by atoms with Crippen molar-refractivity contribution in [2.24, 2.45) is 0 Å². The van der Waals surface area contributed by atoms with E-state index in [1.165, 1.54) is 0 Å². The normalized spacial score (nSPS) is 13.2. The zero-order valence-electron chi connectivity index (χ0n) is 8.20. The molecule has 84 valence electrons. The van der Waals surface area contributed by atoms with Crippen LogP contribution in [0.2, 0.25) is 0 Å². The smallest absolute Gasteiger partial charge is 0.171 e. The minimum absolute atomic E-state index is 0.749. The number of aliphatic hydroxyl groups excluding tert-OH is 1. The molecule has 1 aromatic rings. The summed E-state index contributed by atoms with van der Waals surface area (Å²) in [5.41, 5.74) is 1.08. The average molecular weight is 409 g/mol. The van der Waals surface area contributed by atoms with Crippen LogP contribution in [0.25, 0.3) is 6.08 Å². The standard InChI is InChI=1S/C12H9Br3O/c13-12(14,15)11(16)9-5-4-8-10-6-2-1-3-7-10/h1-4,6-8,11,16H/b8-4+/t11-/m1/s1. The molecule has 1 nitrogen and oxygen atoms in total. The van der Waals surface area contributed by atoms with Crippen LogP contribution in [-0.2, 0) is 0 Å². The highest BCUT2D eigenvalue weighted by atomic mass is 80.0. The predicted octanol–water partition coefficient (Wildman–Crippen LogP) is 3.90. The first-order valence-electron chi connectivity index (χ1n) is 4.47. The highest BCUT2D eigenvalue weighted by Gasteiger charge is 2.26. The molecule has 0 aliphatic heterocycles. The summed E-state index contributed by atoms with van der Waals surface area (Å²) < 4.78 is -0.749. The van der Waals surface area contributed by atoms with Crippen molar-refractivity contribution in [3.63, 3.8) is 0 Å². The molecule has 0 aliphatic rings. The van der Waals surface area contributed by atoms with Gasteiger partial charge in [-0.25, -0.2) is 0 Å². The Morgan fingerprint density at radius 1 is 1.19 bits per heavy atom. The molecule has 0 aliphatic carbocycles. The van der Waals surface area contributed by atoms with Crippen LogP contribution in [0.3, 0.4) is 0 Å². The van der Waals surface area contributed by atoms with Gasteiger partial charge >= 0.3 is 0 Å². The molecule has 1 N–H and O–H groups in total. The lowest BCUT2D eigenvalue weighted by Crippen LogP contribution is -2.20. The Kier molecular flexibility index (Phi) is 5.77. The number of hydrogen-bond donors (Lipinski definition) is 1. The number of benzene rings is 1. The Morgan fingerprint density at radius 3 is 2.38 bits per heavy atom. The third kappa shape index (κ3) is 5.31. The van der Waals surface area contributed by atoms with Gasteiger partial charge in [0.05, 0.1) is 0 Å². The van der Waals surface area contributed by atoms with Gasteiger partial charge in [0.15, 0.2) is 2.14 Å². The first kappa shape index (κ1) is 14.0. The molecule has 0 bridgehead atoms. The Balaban J connectivity index is 2.59. The van der Waals surface area contributed by atoms with Crippen LogP contribution in [0, 0.1) is 11.8 Å². The van der Waals surface area contributed by atoms with Crippen molar-refractivity contribution in [2.75, 3.05) is 0 Å². The molecule has 0 saturated carbocycles. The SMILES string of the molecule is O[C@H](C#C/C=C/c1ccccc1)C(Br)(Br)Br. The van der Waals surface area contributed by atoms with Crippen LogP contribution in [-0.4, -0.2) is 13.4 Å². The summed E-state index contributed by atoms with van der Waals surface area (Å²) in [4.78, 5) is 0. The second-order valence-corrected chi connectivity index (χ2v) is 9.92. The van der Waals surface area contributed by atoms with E-state index >= 15 is 0 Å². The first-order chi connectivity index (χ1) is 7.50. The van der Waals surface area contributed by atoms with Crippen molar-refractivity contribution in [1.29, 1.82) is 0 Å². The zero-order chi connectivity index (χ0) is 12.0. The highest BCUT2D eigenvalue weighted by Crippen LogP contribution is 2.36. The third-order valence-corrected chi connectivity index (χ3v) is 2.99. The number of aliphatic hydroxyl groups is 1. The molecule has 0 amide bonds. The number of rotatable bonds is 1. The monoisotopic (exact) mass is 406 g/mol. The van der Waals surface area contributed by atoms with Crippen molar-refractivity contribution in [3.05, 3.63) is 42.0 Å². The maximum absolute atomic E-state index is 9.53. The van der Waals surface area contributed by atoms with E-state index in [1.807, 2.05) is 36.4 Å². The van der Waals surface area contributed by atoms with Crippen molar-refractivity contribution in [1.82, 2.24) is 0 Å². The Bertz CT molecular complexity index is 409. The van der Waals surface area contributed by atoms with Gasteiger partial charge in [0.25, 0.3) is 0 Å². The first-order valence-corrected chi connectivity index (χ1v) is 6.85. The molecule has 0 aromatic heterocycles. The molecule has 0 fully saturated rings. The fraction of sp³-hybridized carbons (Fsp3) is 0.167. The molecule has 0 unspecified atom stereocenters. The van der Waals surface area contributed by atoms with Crippen LogP contribution >= 0.6 is 47.8 Å². The van der Waals surface area contributed by atoms with E-state index in [1.54, 1.807) is 6.08 Å². The molecular weight excluding hydrogens is 400 g/mol. The van der Waals surface area contributed by atoms with Crippen molar-refractivity contribution in [2.45, 2.75) is 8.25 Å². The van der Waals surface area contributed by atoms with E-state index in [0.29, 0.717) is 0 Å². The third-order valence-electron chi connectivity index (χ3n) is 1.69. The Labute approximate surface area is 120 Å². The lowest BCUT2D eigenvalue weighted by atomic mass is 10.2. The van der Waals surface area contributed by atoms with Gasteiger partial charge in [-0.15, -0.1) is 0 Å². The van der Waals surface area contributed by atoms with Crippen LogP contribution in [0.5, 0.6) is 0 Å². The summed E-state index contributed by atoms with van der Waals surface area (Å²) in [6.45, 7) is 0. The van der Waals surface area contributed by atoms with E-state index in [2.05, 4.69) is 59.6 Å². The summed E-state index contributed by atoms with van der Waals surface area (Å²) >= 11 is 9.59. The van der Waals surface area contributed by atoms with Crippen LogP contribution in [0.4, 0.5) is 0 Å². The minimum Gasteiger partial charge on any atom is -0.377 e. The molecule has 1 rings (SSSR count). The minimum atomic E-state index is -0.840. The van der Waals surface area contributed by atoms with Crippen molar-refractivity contribution >= 4 is 53.9 Å². The van der Waals surface area contributed by atoms with Gasteiger partial charge < -0.3 is 5.11 Å². The molecule has 16 heavy (non-hydrogen) atoms. The second-order valence-electron chi connectivity index (χ2n) is 2.98. The Hall–Kier alpha value is -0.0800. The summed E-state index contributed by atoms with van der Waals surface area (Å²) in [5.74, 6) is 5.44. The average Bonchev–Trinajstić information content (AvgIpc) is 2.24. The summed E-state index contributed by atoms with van der Waals surface area (Å²) in [6, 6.07) is 9.85. The van der Waals surface area contributed by atoms with E-state index in [0.717, 1.165) is 5.56 Å². The number of alkyl halides is 3.